The van der Waals surface area contributed by atoms with Gasteiger partial charge in [0.25, 0.3) is 5.91 Å². The summed E-state index contributed by atoms with van der Waals surface area (Å²) >= 11 is 0. The van der Waals surface area contributed by atoms with E-state index in [1.807, 2.05) is 47.0 Å². The Kier molecular flexibility index (Phi) is 6.03. The second-order valence-electron chi connectivity index (χ2n) is 8.27. The van der Waals surface area contributed by atoms with Crippen LogP contribution in [0.3, 0.4) is 0 Å². The number of hydrogen-bond donors (Lipinski definition) is 2. The molecule has 3 rings (SSSR count). The van der Waals surface area contributed by atoms with Crippen LogP contribution in [0.25, 0.3) is 0 Å². The molecule has 2 aromatic rings. The largest absolute Gasteiger partial charge is 0.508 e. The Hall–Kier alpha value is -2.73. The minimum Gasteiger partial charge on any atom is -0.508 e. The highest BCUT2D eigenvalue weighted by Crippen LogP contribution is 2.35. The second-order valence-corrected chi connectivity index (χ2v) is 8.27. The lowest BCUT2D eigenvalue weighted by molar-refractivity contribution is 0.0748. The summed E-state index contributed by atoms with van der Waals surface area (Å²) in [5.41, 5.74) is 4.16. The number of amides is 1. The fraction of sp³-hybridized carbons (Fsp3) is 0.435. The van der Waals surface area contributed by atoms with Gasteiger partial charge in [-0.1, -0.05) is 13.8 Å². The van der Waals surface area contributed by atoms with E-state index in [4.69, 9.17) is 4.74 Å². The molecule has 1 aliphatic heterocycles. The molecule has 1 aliphatic rings. The van der Waals surface area contributed by atoms with Crippen LogP contribution in [0.5, 0.6) is 17.2 Å². The number of fused-ring (bicyclic) bond motifs is 1. The summed E-state index contributed by atoms with van der Waals surface area (Å²) in [5.74, 6) is 0.426. The quantitative estimate of drug-likeness (QED) is 0.777. The molecule has 2 N–H and O–H groups in total. The summed E-state index contributed by atoms with van der Waals surface area (Å²) in [6.07, 6.45) is 0. The molecular formula is C23H30N2O4. The first-order valence-corrected chi connectivity index (χ1v) is 9.92. The first-order chi connectivity index (χ1) is 13.7. The van der Waals surface area contributed by atoms with Crippen molar-refractivity contribution in [2.45, 2.75) is 39.8 Å². The second kappa shape index (κ2) is 8.33. The summed E-state index contributed by atoms with van der Waals surface area (Å²) in [5, 5.41) is 20.3. The zero-order chi connectivity index (χ0) is 21.3. The van der Waals surface area contributed by atoms with Gasteiger partial charge in [-0.25, -0.2) is 0 Å². The number of carbonyl (C=O) groups is 1. The van der Waals surface area contributed by atoms with Gasteiger partial charge in [0.05, 0.1) is 5.56 Å². The Bertz CT molecular complexity index is 922. The molecule has 0 unspecified atom stereocenters. The van der Waals surface area contributed by atoms with Gasteiger partial charge in [-0.2, -0.15) is 0 Å². The third-order valence-electron chi connectivity index (χ3n) is 5.34. The van der Waals surface area contributed by atoms with Gasteiger partial charge < -0.3 is 24.7 Å². The maximum atomic E-state index is 13.1. The number of aromatic hydroxyl groups is 2. The summed E-state index contributed by atoms with van der Waals surface area (Å²) in [6, 6.07) is 6.87. The first-order valence-electron chi connectivity index (χ1n) is 9.92. The van der Waals surface area contributed by atoms with E-state index in [0.717, 1.165) is 29.0 Å². The van der Waals surface area contributed by atoms with E-state index in [-0.39, 0.29) is 28.9 Å². The average molecular weight is 399 g/mol. The summed E-state index contributed by atoms with van der Waals surface area (Å²) in [6.45, 7) is 8.31. The molecule has 6 nitrogen and oxygen atoms in total. The molecule has 0 saturated carbocycles. The number of carbonyl (C=O) groups excluding carboxylic acids is 1. The van der Waals surface area contributed by atoms with Gasteiger partial charge in [0, 0.05) is 25.7 Å². The Labute approximate surface area is 172 Å². The Morgan fingerprint density at radius 2 is 1.86 bits per heavy atom. The number of aryl methyl sites for hydroxylation is 1. The van der Waals surface area contributed by atoms with E-state index < -0.39 is 0 Å². The normalized spacial score (nSPS) is 13.3. The maximum Gasteiger partial charge on any atom is 0.258 e. The van der Waals surface area contributed by atoms with Gasteiger partial charge in [0.15, 0.2) is 0 Å². The standard InChI is InChI=1S/C23H30N2O4/c1-14(2)18-10-19(22(27)11-21(18)26)23(28)25-12-16-9-17(29-7-6-24(4)5)8-15(3)20(16)13-25/h8-11,14,26-27H,6-7,12-13H2,1-5H3. The predicted octanol–water partition coefficient (Wildman–Crippen LogP) is 3.63. The predicted molar refractivity (Wildman–Crippen MR) is 113 cm³/mol. The van der Waals surface area contributed by atoms with Crippen molar-refractivity contribution < 1.29 is 19.7 Å². The van der Waals surface area contributed by atoms with Gasteiger partial charge in [0.2, 0.25) is 0 Å². The number of benzene rings is 2. The summed E-state index contributed by atoms with van der Waals surface area (Å²) < 4.78 is 5.86. The van der Waals surface area contributed by atoms with E-state index >= 15 is 0 Å². The first kappa shape index (κ1) is 21.0. The van der Waals surface area contributed by atoms with Gasteiger partial charge in [-0.15, -0.1) is 0 Å². The minimum atomic E-state index is -0.241. The van der Waals surface area contributed by atoms with Crippen molar-refractivity contribution in [2.75, 3.05) is 27.2 Å². The molecule has 0 aromatic heterocycles. The smallest absolute Gasteiger partial charge is 0.258 e. The summed E-state index contributed by atoms with van der Waals surface area (Å²) in [7, 11) is 4.01. The molecule has 156 valence electrons. The molecule has 0 saturated heterocycles. The number of phenols is 2. The molecule has 0 bridgehead atoms. The number of phenolic OH excluding ortho intramolecular Hbond substituents is 2. The van der Waals surface area contributed by atoms with Crippen LogP contribution in [0.2, 0.25) is 0 Å². The van der Waals surface area contributed by atoms with Crippen LogP contribution < -0.4 is 4.74 Å². The van der Waals surface area contributed by atoms with Crippen LogP contribution in [-0.2, 0) is 13.1 Å². The van der Waals surface area contributed by atoms with E-state index in [1.54, 1.807) is 11.0 Å². The molecule has 0 spiro atoms. The lowest BCUT2D eigenvalue weighted by Gasteiger charge is -2.18. The highest BCUT2D eigenvalue weighted by Gasteiger charge is 2.28. The highest BCUT2D eigenvalue weighted by molar-refractivity contribution is 5.97. The molecule has 0 atom stereocenters. The zero-order valence-electron chi connectivity index (χ0n) is 17.8. The van der Waals surface area contributed by atoms with Crippen LogP contribution in [-0.4, -0.2) is 53.2 Å². The number of nitrogens with zero attached hydrogens (tertiary/aromatic N) is 2. The van der Waals surface area contributed by atoms with E-state index in [1.165, 1.54) is 6.07 Å². The van der Waals surface area contributed by atoms with Crippen molar-refractivity contribution >= 4 is 5.91 Å². The Morgan fingerprint density at radius 3 is 2.52 bits per heavy atom. The number of likely N-dealkylation sites (N-methyl/N-ethyl adjacent to an activating group) is 1. The topological polar surface area (TPSA) is 73.2 Å². The van der Waals surface area contributed by atoms with E-state index in [2.05, 4.69) is 4.90 Å². The van der Waals surface area contributed by atoms with Crippen molar-refractivity contribution in [2.24, 2.45) is 0 Å². The molecule has 2 aromatic carbocycles. The molecule has 0 radical (unpaired) electrons. The van der Waals surface area contributed by atoms with Crippen LogP contribution >= 0.6 is 0 Å². The van der Waals surface area contributed by atoms with Crippen LogP contribution in [0.15, 0.2) is 24.3 Å². The highest BCUT2D eigenvalue weighted by atomic mass is 16.5. The molecule has 6 heteroatoms. The van der Waals surface area contributed by atoms with Crippen LogP contribution in [0.4, 0.5) is 0 Å². The lowest BCUT2D eigenvalue weighted by atomic mass is 9.98. The monoisotopic (exact) mass is 398 g/mol. The van der Waals surface area contributed by atoms with Crippen molar-refractivity contribution in [3.8, 4) is 17.2 Å². The maximum absolute atomic E-state index is 13.1. The van der Waals surface area contributed by atoms with Gasteiger partial charge >= 0.3 is 0 Å². The molecular weight excluding hydrogens is 368 g/mol. The molecule has 1 heterocycles. The van der Waals surface area contributed by atoms with Crippen molar-refractivity contribution in [1.29, 1.82) is 0 Å². The van der Waals surface area contributed by atoms with Gasteiger partial charge in [0.1, 0.15) is 23.9 Å². The SMILES string of the molecule is Cc1cc(OCCN(C)C)cc2c1CN(C(=O)c1cc(C(C)C)c(O)cc1O)C2. The van der Waals surface area contributed by atoms with Gasteiger partial charge in [-0.3, -0.25) is 4.79 Å². The van der Waals surface area contributed by atoms with E-state index in [0.29, 0.717) is 25.3 Å². The third-order valence-corrected chi connectivity index (χ3v) is 5.34. The summed E-state index contributed by atoms with van der Waals surface area (Å²) in [4.78, 5) is 16.9. The van der Waals surface area contributed by atoms with Crippen molar-refractivity contribution in [3.05, 3.63) is 52.1 Å². The van der Waals surface area contributed by atoms with Crippen LogP contribution in [0.1, 0.15) is 52.4 Å². The number of rotatable bonds is 6. The van der Waals surface area contributed by atoms with E-state index in [9.17, 15) is 15.0 Å². The lowest BCUT2D eigenvalue weighted by Crippen LogP contribution is -2.25. The molecule has 1 amide bonds. The van der Waals surface area contributed by atoms with Gasteiger partial charge in [-0.05, 0) is 67.4 Å². The van der Waals surface area contributed by atoms with Crippen molar-refractivity contribution in [3.63, 3.8) is 0 Å². The minimum absolute atomic E-state index is 0.00844. The fourth-order valence-corrected chi connectivity index (χ4v) is 3.65. The molecule has 29 heavy (non-hydrogen) atoms. The number of hydrogen-bond acceptors (Lipinski definition) is 5. The number of ether oxygens (including phenoxy) is 1. The molecule has 0 fully saturated rings. The Balaban J connectivity index is 1.80. The molecule has 0 aliphatic carbocycles. The fourth-order valence-electron chi connectivity index (χ4n) is 3.65. The average Bonchev–Trinajstić information content (AvgIpc) is 3.05. The zero-order valence-corrected chi connectivity index (χ0v) is 17.8. The van der Waals surface area contributed by atoms with Crippen molar-refractivity contribution in [1.82, 2.24) is 9.80 Å². The Morgan fingerprint density at radius 1 is 1.14 bits per heavy atom. The van der Waals surface area contributed by atoms with Crippen LogP contribution in [0, 0.1) is 6.92 Å². The third kappa shape index (κ3) is 4.48.